The van der Waals surface area contributed by atoms with Crippen LogP contribution in [0.3, 0.4) is 0 Å². The molecule has 0 unspecified atom stereocenters. The molecule has 0 N–H and O–H groups in total. The summed E-state index contributed by atoms with van der Waals surface area (Å²) in [5.41, 5.74) is 1.10. The van der Waals surface area contributed by atoms with Gasteiger partial charge in [0.1, 0.15) is 5.75 Å². The van der Waals surface area contributed by atoms with Gasteiger partial charge < -0.3 is 14.5 Å². The van der Waals surface area contributed by atoms with E-state index in [2.05, 4.69) is 11.0 Å². The van der Waals surface area contributed by atoms with E-state index in [1.807, 2.05) is 53.4 Å². The van der Waals surface area contributed by atoms with Crippen LogP contribution in [0.2, 0.25) is 0 Å². The summed E-state index contributed by atoms with van der Waals surface area (Å²) in [6.45, 7) is 3.31. The highest BCUT2D eigenvalue weighted by molar-refractivity contribution is 5.81. The molecular formula is C20H22N2O2. The minimum Gasteiger partial charge on any atom is -0.455 e. The lowest BCUT2D eigenvalue weighted by Crippen LogP contribution is -2.49. The molecule has 1 saturated heterocycles. The van der Waals surface area contributed by atoms with E-state index in [9.17, 15) is 4.79 Å². The summed E-state index contributed by atoms with van der Waals surface area (Å²) in [6, 6.07) is 18.0. The molecule has 2 aliphatic rings. The highest BCUT2D eigenvalue weighted by atomic mass is 16.5. The molecule has 124 valence electrons. The van der Waals surface area contributed by atoms with E-state index in [1.54, 1.807) is 0 Å². The lowest BCUT2D eigenvalue weighted by Gasteiger charge is -2.36. The minimum absolute atomic E-state index is 0.310. The smallest absolute Gasteiger partial charge is 0.225 e. The highest BCUT2D eigenvalue weighted by Gasteiger charge is 2.34. The van der Waals surface area contributed by atoms with Crippen molar-refractivity contribution in [3.05, 3.63) is 54.6 Å². The van der Waals surface area contributed by atoms with Crippen LogP contribution in [0.5, 0.6) is 11.5 Å². The van der Waals surface area contributed by atoms with Gasteiger partial charge in [-0.05, 0) is 37.1 Å². The fraction of sp³-hybridized carbons (Fsp3) is 0.350. The summed E-state index contributed by atoms with van der Waals surface area (Å²) in [6.07, 6.45) is 2.15. The summed E-state index contributed by atoms with van der Waals surface area (Å²) in [7, 11) is 0. The monoisotopic (exact) mass is 322 g/mol. The summed E-state index contributed by atoms with van der Waals surface area (Å²) < 4.78 is 6.06. The third-order valence-electron chi connectivity index (χ3n) is 4.69. The Labute approximate surface area is 142 Å². The van der Waals surface area contributed by atoms with Crippen molar-refractivity contribution in [2.75, 3.05) is 31.1 Å². The van der Waals surface area contributed by atoms with Crippen LogP contribution in [0.15, 0.2) is 54.6 Å². The van der Waals surface area contributed by atoms with E-state index in [0.29, 0.717) is 11.8 Å². The molecule has 4 rings (SSSR count). The first-order chi connectivity index (χ1) is 11.8. The largest absolute Gasteiger partial charge is 0.455 e. The van der Waals surface area contributed by atoms with Gasteiger partial charge in [0, 0.05) is 32.1 Å². The van der Waals surface area contributed by atoms with Gasteiger partial charge in [0.15, 0.2) is 5.75 Å². The Bertz CT molecular complexity index is 705. The first-order valence-electron chi connectivity index (χ1n) is 8.67. The first-order valence-corrected chi connectivity index (χ1v) is 8.67. The number of amides is 1. The molecule has 2 aromatic rings. The van der Waals surface area contributed by atoms with E-state index >= 15 is 0 Å². The molecule has 0 aromatic heterocycles. The lowest BCUT2D eigenvalue weighted by atomic mass is 10.2. The zero-order valence-electron chi connectivity index (χ0n) is 13.7. The molecule has 24 heavy (non-hydrogen) atoms. The third kappa shape index (κ3) is 3.23. The Balaban J connectivity index is 1.46. The molecule has 2 fully saturated rings. The van der Waals surface area contributed by atoms with Gasteiger partial charge in [-0.2, -0.15) is 0 Å². The van der Waals surface area contributed by atoms with Crippen LogP contribution in [-0.2, 0) is 4.79 Å². The SMILES string of the molecule is O=C(C1CC1)N1CCN(c2ccccc2Oc2ccccc2)CC1. The summed E-state index contributed by atoms with van der Waals surface area (Å²) in [4.78, 5) is 16.5. The number of benzene rings is 2. The first kappa shape index (κ1) is 15.1. The average Bonchev–Trinajstić information content (AvgIpc) is 3.48. The van der Waals surface area contributed by atoms with Gasteiger partial charge in [0.25, 0.3) is 0 Å². The number of nitrogens with zero attached hydrogens (tertiary/aromatic N) is 2. The Morgan fingerprint density at radius 2 is 1.54 bits per heavy atom. The maximum atomic E-state index is 12.2. The Hall–Kier alpha value is -2.49. The summed E-state index contributed by atoms with van der Waals surface area (Å²) >= 11 is 0. The molecule has 4 heteroatoms. The molecule has 0 spiro atoms. The molecule has 0 bridgehead atoms. The van der Waals surface area contributed by atoms with Gasteiger partial charge in [-0.15, -0.1) is 0 Å². The van der Waals surface area contributed by atoms with Crippen LogP contribution in [0, 0.1) is 5.92 Å². The van der Waals surface area contributed by atoms with Crippen molar-refractivity contribution in [1.82, 2.24) is 4.90 Å². The zero-order chi connectivity index (χ0) is 16.4. The number of carbonyl (C=O) groups is 1. The standard InChI is InChI=1S/C20H22N2O2/c23-20(16-10-11-16)22-14-12-21(13-15-22)18-8-4-5-9-19(18)24-17-6-2-1-3-7-17/h1-9,16H,10-15H2. The van der Waals surface area contributed by atoms with Crippen molar-refractivity contribution in [2.24, 2.45) is 5.92 Å². The predicted octanol–water partition coefficient (Wildman–Crippen LogP) is 3.54. The molecular weight excluding hydrogens is 300 g/mol. The molecule has 4 nitrogen and oxygen atoms in total. The van der Waals surface area contributed by atoms with E-state index in [0.717, 1.165) is 56.2 Å². The highest BCUT2D eigenvalue weighted by Crippen LogP contribution is 2.34. The van der Waals surface area contributed by atoms with Gasteiger partial charge in [-0.3, -0.25) is 4.79 Å². The second-order valence-electron chi connectivity index (χ2n) is 6.47. The van der Waals surface area contributed by atoms with Crippen LogP contribution in [0.1, 0.15) is 12.8 Å². The number of anilines is 1. The summed E-state index contributed by atoms with van der Waals surface area (Å²) in [5.74, 6) is 2.37. The number of piperazine rings is 1. The third-order valence-corrected chi connectivity index (χ3v) is 4.69. The van der Waals surface area contributed by atoms with E-state index < -0.39 is 0 Å². The molecule has 1 aliphatic carbocycles. The average molecular weight is 322 g/mol. The van der Waals surface area contributed by atoms with Crippen molar-refractivity contribution in [1.29, 1.82) is 0 Å². The Morgan fingerprint density at radius 3 is 2.25 bits per heavy atom. The molecule has 0 radical (unpaired) electrons. The number of hydrogen-bond donors (Lipinski definition) is 0. The van der Waals surface area contributed by atoms with Crippen LogP contribution < -0.4 is 9.64 Å². The second-order valence-corrected chi connectivity index (χ2v) is 6.47. The van der Waals surface area contributed by atoms with E-state index in [4.69, 9.17) is 4.74 Å². The number of ether oxygens (including phenoxy) is 1. The van der Waals surface area contributed by atoms with Crippen LogP contribution in [-0.4, -0.2) is 37.0 Å². The fourth-order valence-electron chi connectivity index (χ4n) is 3.18. The van der Waals surface area contributed by atoms with Crippen molar-refractivity contribution in [3.63, 3.8) is 0 Å². The van der Waals surface area contributed by atoms with Crippen LogP contribution in [0.25, 0.3) is 0 Å². The fourth-order valence-corrected chi connectivity index (χ4v) is 3.18. The van der Waals surface area contributed by atoms with Crippen molar-refractivity contribution in [2.45, 2.75) is 12.8 Å². The number of carbonyl (C=O) groups excluding carboxylic acids is 1. The maximum Gasteiger partial charge on any atom is 0.225 e. The summed E-state index contributed by atoms with van der Waals surface area (Å²) in [5, 5.41) is 0. The van der Waals surface area contributed by atoms with Crippen molar-refractivity contribution >= 4 is 11.6 Å². The number of para-hydroxylation sites is 3. The van der Waals surface area contributed by atoms with Crippen molar-refractivity contribution in [3.8, 4) is 11.5 Å². The topological polar surface area (TPSA) is 32.8 Å². The zero-order valence-corrected chi connectivity index (χ0v) is 13.7. The van der Waals surface area contributed by atoms with Crippen LogP contribution >= 0.6 is 0 Å². The second kappa shape index (κ2) is 6.56. The molecule has 0 atom stereocenters. The molecule has 1 saturated carbocycles. The predicted molar refractivity (Wildman–Crippen MR) is 94.5 cm³/mol. The Morgan fingerprint density at radius 1 is 0.875 bits per heavy atom. The molecule has 1 aliphatic heterocycles. The quantitative estimate of drug-likeness (QED) is 0.863. The Kier molecular flexibility index (Phi) is 4.11. The van der Waals surface area contributed by atoms with E-state index in [1.165, 1.54) is 0 Å². The normalized spacial score (nSPS) is 17.7. The number of rotatable bonds is 4. The van der Waals surface area contributed by atoms with Crippen molar-refractivity contribution < 1.29 is 9.53 Å². The van der Waals surface area contributed by atoms with Gasteiger partial charge in [-0.1, -0.05) is 30.3 Å². The van der Waals surface area contributed by atoms with E-state index in [-0.39, 0.29) is 0 Å². The molecule has 1 amide bonds. The van der Waals surface area contributed by atoms with Crippen LogP contribution in [0.4, 0.5) is 5.69 Å². The number of hydrogen-bond acceptors (Lipinski definition) is 3. The molecule has 2 aromatic carbocycles. The molecule has 1 heterocycles. The maximum absolute atomic E-state index is 12.2. The minimum atomic E-state index is 0.310. The van der Waals surface area contributed by atoms with Gasteiger partial charge in [0.05, 0.1) is 5.69 Å². The lowest BCUT2D eigenvalue weighted by molar-refractivity contribution is -0.132. The van der Waals surface area contributed by atoms with Gasteiger partial charge in [-0.25, -0.2) is 0 Å². The van der Waals surface area contributed by atoms with Gasteiger partial charge in [0.2, 0.25) is 5.91 Å². The van der Waals surface area contributed by atoms with Gasteiger partial charge >= 0.3 is 0 Å².